The molecule has 1 aromatic heterocycles. The number of aliphatic hydroxyl groups excluding tert-OH is 1. The normalized spacial score (nSPS) is 16.4. The van der Waals surface area contributed by atoms with Gasteiger partial charge in [0, 0.05) is 42.5 Å². The number of carboxylic acids is 1. The number of rotatable bonds is 10. The third-order valence-electron chi connectivity index (χ3n) is 7.55. The van der Waals surface area contributed by atoms with Gasteiger partial charge in [-0.15, -0.1) is 0 Å². The SMILES string of the molecule is COc1ccc2ncc(C)c([C@H](O)CCC3(C(=O)O)CCN(CCNc4cc(F)c(F)c(F)c4)CC3)c2c1. The fraction of sp³-hybridized carbons (Fsp3) is 0.429. The minimum absolute atomic E-state index is 0.142. The van der Waals surface area contributed by atoms with Crippen LogP contribution in [0.1, 0.15) is 42.9 Å². The van der Waals surface area contributed by atoms with Crippen molar-refractivity contribution in [1.82, 2.24) is 9.88 Å². The molecule has 1 atom stereocenters. The molecule has 0 radical (unpaired) electrons. The molecule has 1 aliphatic rings. The molecule has 1 saturated heterocycles. The number of aliphatic carboxylic acids is 1. The molecule has 7 nitrogen and oxygen atoms in total. The lowest BCUT2D eigenvalue weighted by atomic mass is 9.74. The van der Waals surface area contributed by atoms with Gasteiger partial charge in [0.25, 0.3) is 0 Å². The molecule has 0 saturated carbocycles. The summed E-state index contributed by atoms with van der Waals surface area (Å²) in [5, 5.41) is 24.9. The number of hydrogen-bond acceptors (Lipinski definition) is 6. The molecular formula is C28H32F3N3O4. The maximum Gasteiger partial charge on any atom is 0.309 e. The first kappa shape index (κ1) is 27.7. The van der Waals surface area contributed by atoms with E-state index in [1.165, 1.54) is 0 Å². The Kier molecular flexibility index (Phi) is 8.42. The van der Waals surface area contributed by atoms with E-state index in [4.69, 9.17) is 4.74 Å². The highest BCUT2D eigenvalue weighted by molar-refractivity contribution is 5.85. The Morgan fingerprint density at radius 3 is 2.50 bits per heavy atom. The van der Waals surface area contributed by atoms with Gasteiger partial charge in [-0.05, 0) is 75.0 Å². The molecular weight excluding hydrogens is 499 g/mol. The van der Waals surface area contributed by atoms with Crippen molar-refractivity contribution in [2.45, 2.75) is 38.7 Å². The Bertz CT molecular complexity index is 1290. The highest BCUT2D eigenvalue weighted by atomic mass is 19.2. The topological polar surface area (TPSA) is 94.9 Å². The minimum atomic E-state index is -1.51. The highest BCUT2D eigenvalue weighted by Gasteiger charge is 2.41. The lowest BCUT2D eigenvalue weighted by Gasteiger charge is -2.39. The second-order valence-corrected chi connectivity index (χ2v) is 9.90. The Balaban J connectivity index is 1.36. The van der Waals surface area contributed by atoms with E-state index in [2.05, 4.69) is 15.2 Å². The number of anilines is 1. The van der Waals surface area contributed by atoms with Crippen molar-refractivity contribution in [2.24, 2.45) is 5.41 Å². The molecule has 0 amide bonds. The van der Waals surface area contributed by atoms with E-state index in [1.54, 1.807) is 19.4 Å². The number of aliphatic hydroxyl groups is 1. The summed E-state index contributed by atoms with van der Waals surface area (Å²) in [6, 6.07) is 7.27. The van der Waals surface area contributed by atoms with Crippen LogP contribution in [0.5, 0.6) is 5.75 Å². The summed E-state index contributed by atoms with van der Waals surface area (Å²) in [6.45, 7) is 3.83. The van der Waals surface area contributed by atoms with Crippen LogP contribution in [0.25, 0.3) is 10.9 Å². The lowest BCUT2D eigenvalue weighted by Crippen LogP contribution is -2.45. The Morgan fingerprint density at radius 2 is 1.87 bits per heavy atom. The Morgan fingerprint density at radius 1 is 1.18 bits per heavy atom. The number of piperidine rings is 1. The molecule has 10 heteroatoms. The maximum absolute atomic E-state index is 13.4. The van der Waals surface area contributed by atoms with E-state index in [0.29, 0.717) is 51.2 Å². The number of pyridine rings is 1. The number of halogens is 3. The quantitative estimate of drug-likeness (QED) is 0.315. The number of carbonyl (C=O) groups is 1. The number of nitrogens with one attached hydrogen (secondary N) is 1. The van der Waals surface area contributed by atoms with Gasteiger partial charge in [-0.2, -0.15) is 0 Å². The first-order valence-corrected chi connectivity index (χ1v) is 12.6. The molecule has 2 aromatic carbocycles. The number of carboxylic acid groups (broad SMARTS) is 1. The van der Waals surface area contributed by atoms with E-state index in [0.717, 1.165) is 34.2 Å². The largest absolute Gasteiger partial charge is 0.497 e. The van der Waals surface area contributed by atoms with Crippen LogP contribution < -0.4 is 10.1 Å². The first-order valence-electron chi connectivity index (χ1n) is 12.6. The van der Waals surface area contributed by atoms with Crippen LogP contribution >= 0.6 is 0 Å². The molecule has 3 aromatic rings. The summed E-state index contributed by atoms with van der Waals surface area (Å²) in [4.78, 5) is 18.9. The molecule has 2 heterocycles. The zero-order valence-electron chi connectivity index (χ0n) is 21.4. The molecule has 0 unspecified atom stereocenters. The molecule has 38 heavy (non-hydrogen) atoms. The summed E-state index contributed by atoms with van der Waals surface area (Å²) in [7, 11) is 1.57. The number of fused-ring (bicyclic) bond motifs is 1. The number of aryl methyl sites for hydroxylation is 1. The monoisotopic (exact) mass is 531 g/mol. The number of nitrogens with zero attached hydrogens (tertiary/aromatic N) is 2. The van der Waals surface area contributed by atoms with Gasteiger partial charge in [0.1, 0.15) is 5.75 Å². The highest BCUT2D eigenvalue weighted by Crippen LogP contribution is 2.40. The van der Waals surface area contributed by atoms with E-state index in [9.17, 15) is 28.2 Å². The number of methoxy groups -OCH3 is 1. The molecule has 0 aliphatic carbocycles. The van der Waals surface area contributed by atoms with Gasteiger partial charge in [0.2, 0.25) is 0 Å². The fourth-order valence-electron chi connectivity index (χ4n) is 5.21. The van der Waals surface area contributed by atoms with Crippen LogP contribution in [0.2, 0.25) is 0 Å². The van der Waals surface area contributed by atoms with E-state index in [-0.39, 0.29) is 12.1 Å². The zero-order valence-corrected chi connectivity index (χ0v) is 21.4. The van der Waals surface area contributed by atoms with E-state index in [1.807, 2.05) is 19.1 Å². The maximum atomic E-state index is 13.4. The number of hydrogen-bond donors (Lipinski definition) is 3. The van der Waals surface area contributed by atoms with Crippen LogP contribution in [0.15, 0.2) is 36.5 Å². The van der Waals surface area contributed by atoms with Crippen molar-refractivity contribution in [1.29, 1.82) is 0 Å². The van der Waals surface area contributed by atoms with Crippen LogP contribution in [0.4, 0.5) is 18.9 Å². The van der Waals surface area contributed by atoms with Crippen LogP contribution in [0.3, 0.4) is 0 Å². The van der Waals surface area contributed by atoms with Gasteiger partial charge >= 0.3 is 5.97 Å². The van der Waals surface area contributed by atoms with Crippen LogP contribution in [-0.2, 0) is 4.79 Å². The summed E-state index contributed by atoms with van der Waals surface area (Å²) < 4.78 is 45.3. The number of ether oxygens (including phenoxy) is 1. The summed E-state index contributed by atoms with van der Waals surface area (Å²) in [5.74, 6) is -4.25. The van der Waals surface area contributed by atoms with E-state index < -0.39 is 34.9 Å². The average Bonchev–Trinajstić information content (AvgIpc) is 2.90. The second kappa shape index (κ2) is 11.6. The summed E-state index contributed by atoms with van der Waals surface area (Å²) >= 11 is 0. The molecule has 1 aliphatic heterocycles. The Labute approximate surface area is 219 Å². The van der Waals surface area contributed by atoms with Crippen molar-refractivity contribution in [2.75, 3.05) is 38.6 Å². The van der Waals surface area contributed by atoms with E-state index >= 15 is 0 Å². The molecule has 0 bridgehead atoms. The van der Waals surface area contributed by atoms with Crippen LogP contribution in [0, 0.1) is 29.8 Å². The zero-order chi connectivity index (χ0) is 27.4. The lowest BCUT2D eigenvalue weighted by molar-refractivity contribution is -0.153. The smallest absolute Gasteiger partial charge is 0.309 e. The van der Waals surface area contributed by atoms with Gasteiger partial charge in [-0.3, -0.25) is 9.78 Å². The third kappa shape index (κ3) is 5.86. The van der Waals surface area contributed by atoms with Crippen molar-refractivity contribution < 1.29 is 32.9 Å². The first-order chi connectivity index (χ1) is 18.1. The van der Waals surface area contributed by atoms with Gasteiger partial charge < -0.3 is 25.2 Å². The third-order valence-corrected chi connectivity index (χ3v) is 7.55. The standard InChI is InChI=1S/C28H32F3N3O4/c1-17-16-33-23-4-3-19(38-2)15-20(23)25(17)24(35)5-6-28(27(36)37)7-10-34(11-8-28)12-9-32-18-13-21(29)26(31)22(30)14-18/h3-4,13-16,24,32,35H,5-12H2,1-2H3,(H,36,37)/t24-/m1/s1. The molecule has 4 rings (SSSR count). The summed E-state index contributed by atoms with van der Waals surface area (Å²) in [6.07, 6.45) is 2.28. The second-order valence-electron chi connectivity index (χ2n) is 9.90. The predicted molar refractivity (Wildman–Crippen MR) is 138 cm³/mol. The van der Waals surface area contributed by atoms with Gasteiger partial charge in [0.05, 0.1) is 24.1 Å². The van der Waals surface area contributed by atoms with Crippen molar-refractivity contribution in [3.8, 4) is 5.75 Å². The van der Waals surface area contributed by atoms with Crippen LogP contribution in [-0.4, -0.2) is 59.4 Å². The summed E-state index contributed by atoms with van der Waals surface area (Å²) in [5.41, 5.74) is 1.47. The molecule has 204 valence electrons. The number of benzene rings is 2. The molecule has 0 spiro atoms. The fourth-order valence-corrected chi connectivity index (χ4v) is 5.21. The average molecular weight is 532 g/mol. The minimum Gasteiger partial charge on any atom is -0.497 e. The van der Waals surface area contributed by atoms with Gasteiger partial charge in [-0.25, -0.2) is 13.2 Å². The van der Waals surface area contributed by atoms with Crippen molar-refractivity contribution >= 4 is 22.6 Å². The number of aromatic nitrogens is 1. The predicted octanol–water partition coefficient (Wildman–Crippen LogP) is 5.06. The Hall–Kier alpha value is -3.37. The molecule has 1 fully saturated rings. The van der Waals surface area contributed by atoms with Gasteiger partial charge in [-0.1, -0.05) is 0 Å². The van der Waals surface area contributed by atoms with Crippen molar-refractivity contribution in [3.63, 3.8) is 0 Å². The number of likely N-dealkylation sites (tertiary alicyclic amines) is 1. The van der Waals surface area contributed by atoms with Crippen molar-refractivity contribution in [3.05, 3.63) is 65.1 Å². The van der Waals surface area contributed by atoms with Gasteiger partial charge in [0.15, 0.2) is 17.5 Å². The molecule has 3 N–H and O–H groups in total.